The van der Waals surface area contributed by atoms with Crippen molar-refractivity contribution in [2.24, 2.45) is 11.3 Å². The molecule has 0 aliphatic heterocycles. The number of rotatable bonds is 0. The first-order chi connectivity index (χ1) is 8.35. The molecule has 1 unspecified atom stereocenters. The van der Waals surface area contributed by atoms with Gasteiger partial charge in [-0.3, -0.25) is 0 Å². The molecule has 0 heteroatoms. The van der Waals surface area contributed by atoms with Crippen LogP contribution >= 0.6 is 0 Å². The van der Waals surface area contributed by atoms with E-state index in [9.17, 15) is 0 Å². The molecule has 3 aliphatic rings. The SMILES string of the molecule is C1=CCC2CC3(C=c4ccccc4=C3)CC2=C1. The fourth-order valence-electron chi connectivity index (χ4n) is 3.71. The zero-order valence-electron chi connectivity index (χ0n) is 9.89. The van der Waals surface area contributed by atoms with E-state index in [0.29, 0.717) is 5.41 Å². The number of benzene rings is 1. The Bertz CT molecular complexity index is 608. The van der Waals surface area contributed by atoms with Gasteiger partial charge >= 0.3 is 0 Å². The van der Waals surface area contributed by atoms with Gasteiger partial charge in [0.05, 0.1) is 0 Å². The van der Waals surface area contributed by atoms with Gasteiger partial charge in [-0.05, 0) is 35.6 Å². The molecule has 17 heavy (non-hydrogen) atoms. The maximum absolute atomic E-state index is 2.50. The molecule has 1 fully saturated rings. The van der Waals surface area contributed by atoms with Crippen molar-refractivity contribution in [3.8, 4) is 0 Å². The number of fused-ring (bicyclic) bond motifs is 2. The summed E-state index contributed by atoms with van der Waals surface area (Å²) in [7, 11) is 0. The molecule has 0 nitrogen and oxygen atoms in total. The van der Waals surface area contributed by atoms with Gasteiger partial charge in [0, 0.05) is 5.41 Å². The maximum atomic E-state index is 2.50. The second-order valence-electron chi connectivity index (χ2n) is 5.63. The molecule has 0 N–H and O–H groups in total. The van der Waals surface area contributed by atoms with Crippen molar-refractivity contribution in [2.75, 3.05) is 0 Å². The van der Waals surface area contributed by atoms with Crippen LogP contribution in [-0.2, 0) is 0 Å². The van der Waals surface area contributed by atoms with Gasteiger partial charge < -0.3 is 0 Å². The highest BCUT2D eigenvalue weighted by molar-refractivity contribution is 5.60. The molecule has 0 radical (unpaired) electrons. The topological polar surface area (TPSA) is 0 Å². The minimum Gasteiger partial charge on any atom is -0.0839 e. The Morgan fingerprint density at radius 2 is 1.82 bits per heavy atom. The summed E-state index contributed by atoms with van der Waals surface area (Å²) < 4.78 is 0. The average Bonchev–Trinajstić information content (AvgIpc) is 2.87. The molecule has 1 spiro atoms. The van der Waals surface area contributed by atoms with Crippen LogP contribution in [0.15, 0.2) is 48.1 Å². The highest BCUT2D eigenvalue weighted by atomic mass is 14.4. The van der Waals surface area contributed by atoms with Gasteiger partial charge in [0.1, 0.15) is 0 Å². The molecule has 0 amide bonds. The lowest BCUT2D eigenvalue weighted by atomic mass is 9.86. The molecule has 0 saturated heterocycles. The van der Waals surface area contributed by atoms with Crippen molar-refractivity contribution in [1.29, 1.82) is 0 Å². The lowest BCUT2D eigenvalue weighted by Gasteiger charge is -2.17. The van der Waals surface area contributed by atoms with Crippen molar-refractivity contribution < 1.29 is 0 Å². The quantitative estimate of drug-likeness (QED) is 0.630. The summed E-state index contributed by atoms with van der Waals surface area (Å²) in [6, 6.07) is 8.78. The molecular formula is C17H16. The minimum absolute atomic E-state index is 0.326. The van der Waals surface area contributed by atoms with Crippen LogP contribution in [0.2, 0.25) is 0 Å². The number of allylic oxidation sites excluding steroid dienone is 4. The Morgan fingerprint density at radius 3 is 2.53 bits per heavy atom. The third-order valence-electron chi connectivity index (χ3n) is 4.43. The third-order valence-corrected chi connectivity index (χ3v) is 4.43. The Morgan fingerprint density at radius 1 is 1.06 bits per heavy atom. The summed E-state index contributed by atoms with van der Waals surface area (Å²) in [4.78, 5) is 0. The van der Waals surface area contributed by atoms with E-state index in [1.165, 1.54) is 29.7 Å². The second-order valence-corrected chi connectivity index (χ2v) is 5.63. The van der Waals surface area contributed by atoms with Crippen molar-refractivity contribution >= 4 is 12.2 Å². The smallest absolute Gasteiger partial charge is 0.0122 e. The van der Waals surface area contributed by atoms with E-state index in [-0.39, 0.29) is 0 Å². The van der Waals surface area contributed by atoms with E-state index >= 15 is 0 Å². The molecule has 1 aromatic carbocycles. The fourth-order valence-corrected chi connectivity index (χ4v) is 3.71. The molecule has 0 heterocycles. The normalized spacial score (nSPS) is 27.1. The van der Waals surface area contributed by atoms with E-state index in [2.05, 4.69) is 54.6 Å². The van der Waals surface area contributed by atoms with Crippen molar-refractivity contribution in [3.63, 3.8) is 0 Å². The van der Waals surface area contributed by atoms with Crippen LogP contribution in [0.25, 0.3) is 12.2 Å². The van der Waals surface area contributed by atoms with Crippen molar-refractivity contribution in [2.45, 2.75) is 19.3 Å². The van der Waals surface area contributed by atoms with E-state index in [1.807, 2.05) is 0 Å². The van der Waals surface area contributed by atoms with Crippen LogP contribution in [0.4, 0.5) is 0 Å². The van der Waals surface area contributed by atoms with Gasteiger partial charge in [-0.25, -0.2) is 0 Å². The highest BCUT2D eigenvalue weighted by Crippen LogP contribution is 2.50. The van der Waals surface area contributed by atoms with Crippen LogP contribution < -0.4 is 10.4 Å². The van der Waals surface area contributed by atoms with Crippen molar-refractivity contribution in [3.05, 3.63) is 58.5 Å². The molecular weight excluding hydrogens is 204 g/mol. The highest BCUT2D eigenvalue weighted by Gasteiger charge is 2.39. The van der Waals surface area contributed by atoms with Crippen LogP contribution in [0.5, 0.6) is 0 Å². The van der Waals surface area contributed by atoms with Gasteiger partial charge in [0.2, 0.25) is 0 Å². The molecule has 1 saturated carbocycles. The molecule has 0 aromatic heterocycles. The monoisotopic (exact) mass is 220 g/mol. The van der Waals surface area contributed by atoms with Crippen molar-refractivity contribution in [1.82, 2.24) is 0 Å². The van der Waals surface area contributed by atoms with E-state index in [4.69, 9.17) is 0 Å². The summed E-state index contributed by atoms with van der Waals surface area (Å²) in [5, 5.41) is 2.86. The average molecular weight is 220 g/mol. The lowest BCUT2D eigenvalue weighted by Crippen LogP contribution is -2.19. The molecule has 0 bridgehead atoms. The zero-order chi connectivity index (χ0) is 11.3. The second kappa shape index (κ2) is 3.22. The van der Waals surface area contributed by atoms with E-state index < -0.39 is 0 Å². The zero-order valence-corrected chi connectivity index (χ0v) is 9.89. The van der Waals surface area contributed by atoms with Crippen LogP contribution in [-0.4, -0.2) is 0 Å². The Labute approximate surface area is 102 Å². The third kappa shape index (κ3) is 1.37. The predicted octanol–water partition coefficient (Wildman–Crippen LogP) is 2.54. The summed E-state index contributed by atoms with van der Waals surface area (Å²) in [6.45, 7) is 0. The first kappa shape index (κ1) is 9.47. The van der Waals surface area contributed by atoms with E-state index in [0.717, 1.165) is 5.92 Å². The minimum atomic E-state index is 0.326. The van der Waals surface area contributed by atoms with Gasteiger partial charge in [0.25, 0.3) is 0 Å². The van der Waals surface area contributed by atoms with Gasteiger partial charge in [0.15, 0.2) is 0 Å². The first-order valence-electron chi connectivity index (χ1n) is 6.51. The van der Waals surface area contributed by atoms with Gasteiger partial charge in [-0.2, -0.15) is 0 Å². The standard InChI is InChI=1S/C17H16/c1-2-6-14-10-17(9-13(14)5-1)11-15-7-3-4-8-16(15)12-17/h1-7,9-10,16H,8,11-12H2. The molecule has 4 rings (SSSR count). The van der Waals surface area contributed by atoms with Gasteiger partial charge in [-0.1, -0.05) is 60.2 Å². The van der Waals surface area contributed by atoms with Crippen LogP contribution in [0, 0.1) is 11.3 Å². The Balaban J connectivity index is 1.81. The number of hydrogen-bond acceptors (Lipinski definition) is 0. The van der Waals surface area contributed by atoms with E-state index in [1.54, 1.807) is 5.57 Å². The molecule has 1 atom stereocenters. The summed E-state index contributed by atoms with van der Waals surface area (Å²) in [5.74, 6) is 0.793. The molecule has 84 valence electrons. The summed E-state index contributed by atoms with van der Waals surface area (Å²) >= 11 is 0. The summed E-state index contributed by atoms with van der Waals surface area (Å²) in [6.07, 6.45) is 15.7. The predicted molar refractivity (Wildman–Crippen MR) is 71.6 cm³/mol. The Kier molecular flexibility index (Phi) is 1.80. The summed E-state index contributed by atoms with van der Waals surface area (Å²) in [5.41, 5.74) is 1.99. The first-order valence-corrected chi connectivity index (χ1v) is 6.51. The van der Waals surface area contributed by atoms with Crippen LogP contribution in [0.3, 0.4) is 0 Å². The molecule has 3 aliphatic carbocycles. The van der Waals surface area contributed by atoms with Crippen LogP contribution in [0.1, 0.15) is 19.3 Å². The maximum Gasteiger partial charge on any atom is 0.0122 e. The largest absolute Gasteiger partial charge is 0.0839 e. The lowest BCUT2D eigenvalue weighted by molar-refractivity contribution is 0.525. The number of hydrogen-bond donors (Lipinski definition) is 0. The molecule has 1 aromatic rings. The fraction of sp³-hybridized carbons (Fsp3) is 0.294. The van der Waals surface area contributed by atoms with Gasteiger partial charge in [-0.15, -0.1) is 0 Å². The Hall–Kier alpha value is -1.56.